The van der Waals surface area contributed by atoms with E-state index < -0.39 is 0 Å². The van der Waals surface area contributed by atoms with Crippen molar-refractivity contribution in [3.05, 3.63) is 24.2 Å². The van der Waals surface area contributed by atoms with Crippen LogP contribution in [-0.2, 0) is 16.0 Å². The van der Waals surface area contributed by atoms with Crippen molar-refractivity contribution >= 4 is 22.8 Å². The zero-order valence-corrected chi connectivity index (χ0v) is 10.5. The summed E-state index contributed by atoms with van der Waals surface area (Å²) >= 11 is 1.27. The minimum atomic E-state index is 0.0793. The number of hydrogen-bond acceptors (Lipinski definition) is 4. The lowest BCUT2D eigenvalue weighted by atomic mass is 10.3. The number of thioether (sulfide) groups is 1. The molecule has 0 N–H and O–H groups in total. The summed E-state index contributed by atoms with van der Waals surface area (Å²) in [6.45, 7) is 2.88. The Labute approximate surface area is 104 Å². The Hall–Kier alpha value is -1.23. The van der Waals surface area contributed by atoms with Crippen LogP contribution in [0.25, 0.3) is 0 Å². The fraction of sp³-hybridized carbons (Fsp3) is 0.500. The molecular formula is C12H15NO3S. The first-order chi connectivity index (χ1) is 8.15. The molecule has 0 bridgehead atoms. The number of carbonyl (C=O) groups excluding carboxylic acids is 2. The largest absolute Gasteiger partial charge is 0.469 e. The van der Waals surface area contributed by atoms with Gasteiger partial charge < -0.3 is 9.32 Å². The van der Waals surface area contributed by atoms with Crippen molar-refractivity contribution in [1.29, 1.82) is 0 Å². The van der Waals surface area contributed by atoms with Gasteiger partial charge in [-0.25, -0.2) is 0 Å². The number of amides is 1. The van der Waals surface area contributed by atoms with Crippen molar-refractivity contribution < 1.29 is 14.0 Å². The number of likely N-dealkylation sites (tertiary alicyclic amines) is 1. The van der Waals surface area contributed by atoms with E-state index in [1.165, 1.54) is 11.8 Å². The maximum absolute atomic E-state index is 11.7. The van der Waals surface area contributed by atoms with E-state index in [2.05, 4.69) is 0 Å². The van der Waals surface area contributed by atoms with Crippen LogP contribution in [0.2, 0.25) is 0 Å². The number of hydrogen-bond donors (Lipinski definition) is 0. The summed E-state index contributed by atoms with van der Waals surface area (Å²) in [5.41, 5.74) is 0. The van der Waals surface area contributed by atoms with E-state index in [0.717, 1.165) is 12.2 Å². The highest BCUT2D eigenvalue weighted by molar-refractivity contribution is 8.14. The molecule has 1 saturated heterocycles. The molecule has 0 radical (unpaired) electrons. The Kier molecular flexibility index (Phi) is 3.89. The molecule has 5 heteroatoms. The minimum absolute atomic E-state index is 0.0793. The van der Waals surface area contributed by atoms with Gasteiger partial charge in [-0.15, -0.1) is 0 Å². The van der Waals surface area contributed by atoms with Gasteiger partial charge in [-0.05, 0) is 12.1 Å². The van der Waals surface area contributed by atoms with E-state index in [9.17, 15) is 9.59 Å². The maximum atomic E-state index is 11.7. The van der Waals surface area contributed by atoms with Gasteiger partial charge in [0.25, 0.3) is 0 Å². The van der Waals surface area contributed by atoms with Crippen LogP contribution in [0.15, 0.2) is 22.8 Å². The number of rotatable bonds is 4. The van der Waals surface area contributed by atoms with E-state index in [1.54, 1.807) is 13.2 Å². The summed E-state index contributed by atoms with van der Waals surface area (Å²) in [5, 5.41) is 0.201. The second-order valence-electron chi connectivity index (χ2n) is 4.10. The molecule has 0 aromatic carbocycles. The van der Waals surface area contributed by atoms with Crippen LogP contribution in [0, 0.1) is 0 Å². The molecule has 1 atom stereocenters. The molecule has 1 aromatic rings. The Morgan fingerprint density at radius 2 is 2.47 bits per heavy atom. The van der Waals surface area contributed by atoms with Gasteiger partial charge in [0.2, 0.25) is 5.91 Å². The first kappa shape index (κ1) is 12.2. The van der Waals surface area contributed by atoms with Gasteiger partial charge in [0, 0.05) is 38.1 Å². The van der Waals surface area contributed by atoms with Gasteiger partial charge >= 0.3 is 0 Å². The zero-order chi connectivity index (χ0) is 12.3. The fourth-order valence-electron chi connectivity index (χ4n) is 1.97. The molecule has 2 heterocycles. The molecule has 1 fully saturated rings. The second-order valence-corrected chi connectivity index (χ2v) is 5.58. The SMILES string of the molecule is CC(=O)SC1CC(=O)N(CCc2ccco2)C1. The van der Waals surface area contributed by atoms with E-state index in [1.807, 2.05) is 17.0 Å². The summed E-state index contributed by atoms with van der Waals surface area (Å²) in [4.78, 5) is 24.5. The third-order valence-corrected chi connectivity index (χ3v) is 3.70. The normalized spacial score (nSPS) is 19.9. The molecule has 0 aliphatic carbocycles. The molecule has 92 valence electrons. The summed E-state index contributed by atoms with van der Waals surface area (Å²) < 4.78 is 5.22. The lowest BCUT2D eigenvalue weighted by Gasteiger charge is -2.15. The zero-order valence-electron chi connectivity index (χ0n) is 9.72. The molecular weight excluding hydrogens is 238 g/mol. The van der Waals surface area contributed by atoms with Crippen molar-refractivity contribution in [2.45, 2.75) is 25.0 Å². The van der Waals surface area contributed by atoms with Crippen molar-refractivity contribution in [3.63, 3.8) is 0 Å². The van der Waals surface area contributed by atoms with Crippen molar-refractivity contribution in [1.82, 2.24) is 4.90 Å². The first-order valence-electron chi connectivity index (χ1n) is 5.62. The van der Waals surface area contributed by atoms with Crippen molar-refractivity contribution in [2.24, 2.45) is 0 Å². The highest BCUT2D eigenvalue weighted by Crippen LogP contribution is 2.24. The van der Waals surface area contributed by atoms with E-state index in [4.69, 9.17) is 4.42 Å². The highest BCUT2D eigenvalue weighted by atomic mass is 32.2. The second kappa shape index (κ2) is 5.40. The molecule has 1 aromatic heterocycles. The molecule has 1 amide bonds. The van der Waals surface area contributed by atoms with Crippen LogP contribution >= 0.6 is 11.8 Å². The van der Waals surface area contributed by atoms with Crippen LogP contribution in [0.3, 0.4) is 0 Å². The van der Waals surface area contributed by atoms with Gasteiger partial charge in [-0.2, -0.15) is 0 Å². The van der Waals surface area contributed by atoms with E-state index in [-0.39, 0.29) is 16.3 Å². The predicted molar refractivity (Wildman–Crippen MR) is 65.7 cm³/mol. The Balaban J connectivity index is 1.82. The fourth-order valence-corrected chi connectivity index (χ4v) is 2.92. The van der Waals surface area contributed by atoms with Gasteiger partial charge in [-0.3, -0.25) is 9.59 Å². The topological polar surface area (TPSA) is 50.5 Å². The molecule has 4 nitrogen and oxygen atoms in total. The number of furan rings is 1. The van der Waals surface area contributed by atoms with Gasteiger partial charge in [0.15, 0.2) is 5.12 Å². The van der Waals surface area contributed by atoms with E-state index in [0.29, 0.717) is 19.5 Å². The molecule has 1 unspecified atom stereocenters. The standard InChI is InChI=1S/C12H15NO3S/c1-9(14)17-11-7-12(15)13(8-11)5-4-10-3-2-6-16-10/h2-3,6,11H,4-5,7-8H2,1H3. The molecule has 1 aliphatic rings. The summed E-state index contributed by atoms with van der Waals surface area (Å²) in [7, 11) is 0. The molecule has 0 spiro atoms. The van der Waals surface area contributed by atoms with Crippen LogP contribution in [0.5, 0.6) is 0 Å². The van der Waals surface area contributed by atoms with Crippen LogP contribution in [0.1, 0.15) is 19.1 Å². The summed E-state index contributed by atoms with van der Waals surface area (Å²) in [6.07, 6.45) is 2.84. The highest BCUT2D eigenvalue weighted by Gasteiger charge is 2.30. The Morgan fingerprint density at radius 3 is 3.12 bits per heavy atom. The maximum Gasteiger partial charge on any atom is 0.223 e. The lowest BCUT2D eigenvalue weighted by Crippen LogP contribution is -2.27. The van der Waals surface area contributed by atoms with Crippen LogP contribution in [-0.4, -0.2) is 34.3 Å². The Bertz CT molecular complexity index is 402. The molecule has 2 rings (SSSR count). The Morgan fingerprint density at radius 1 is 1.65 bits per heavy atom. The molecule has 0 saturated carbocycles. The number of nitrogens with zero attached hydrogens (tertiary/aromatic N) is 1. The van der Waals surface area contributed by atoms with Gasteiger partial charge in [0.05, 0.1) is 6.26 Å². The summed E-state index contributed by atoms with van der Waals surface area (Å²) in [6, 6.07) is 3.75. The van der Waals surface area contributed by atoms with Crippen molar-refractivity contribution in [3.8, 4) is 0 Å². The lowest BCUT2D eigenvalue weighted by molar-refractivity contribution is -0.127. The van der Waals surface area contributed by atoms with Crippen LogP contribution < -0.4 is 0 Å². The molecule has 1 aliphatic heterocycles. The third-order valence-electron chi connectivity index (χ3n) is 2.72. The average Bonchev–Trinajstić information content (AvgIpc) is 2.84. The monoisotopic (exact) mass is 253 g/mol. The average molecular weight is 253 g/mol. The first-order valence-corrected chi connectivity index (χ1v) is 6.50. The summed E-state index contributed by atoms with van der Waals surface area (Å²) in [5.74, 6) is 1.02. The smallest absolute Gasteiger partial charge is 0.223 e. The minimum Gasteiger partial charge on any atom is -0.469 e. The number of carbonyl (C=O) groups is 2. The van der Waals surface area contributed by atoms with Gasteiger partial charge in [-0.1, -0.05) is 11.8 Å². The quantitative estimate of drug-likeness (QED) is 0.819. The van der Waals surface area contributed by atoms with Crippen molar-refractivity contribution in [2.75, 3.05) is 13.1 Å². The van der Waals surface area contributed by atoms with Crippen LogP contribution in [0.4, 0.5) is 0 Å². The molecule has 17 heavy (non-hydrogen) atoms. The third kappa shape index (κ3) is 3.36. The predicted octanol–water partition coefficient (Wildman–Crippen LogP) is 1.70. The van der Waals surface area contributed by atoms with Gasteiger partial charge in [0.1, 0.15) is 5.76 Å². The van der Waals surface area contributed by atoms with E-state index >= 15 is 0 Å².